The molecule has 1 aliphatic rings. The Morgan fingerprint density at radius 2 is 2.08 bits per heavy atom. The SMILES string of the molecule is Cc1c(C(=O)OCC(=O)NCCN2C(=O)CSC2=O)oc2ccccc12. The molecule has 0 aliphatic carbocycles. The highest BCUT2D eigenvalue weighted by atomic mass is 32.2. The van der Waals surface area contributed by atoms with E-state index in [2.05, 4.69) is 5.32 Å². The molecule has 9 heteroatoms. The summed E-state index contributed by atoms with van der Waals surface area (Å²) in [5.41, 5.74) is 1.22. The zero-order valence-corrected chi connectivity index (χ0v) is 14.8. The molecule has 1 saturated heterocycles. The van der Waals surface area contributed by atoms with Crippen LogP contribution in [0.2, 0.25) is 0 Å². The maximum absolute atomic E-state index is 12.1. The molecule has 26 heavy (non-hydrogen) atoms. The fourth-order valence-corrected chi connectivity index (χ4v) is 3.27. The molecular weight excluding hydrogens is 360 g/mol. The second-order valence-electron chi connectivity index (χ2n) is 5.58. The lowest BCUT2D eigenvalue weighted by Crippen LogP contribution is -2.38. The van der Waals surface area contributed by atoms with Crippen molar-refractivity contribution in [3.63, 3.8) is 0 Å². The summed E-state index contributed by atoms with van der Waals surface area (Å²) < 4.78 is 10.4. The largest absolute Gasteiger partial charge is 0.450 e. The highest BCUT2D eigenvalue weighted by Gasteiger charge is 2.29. The molecule has 0 unspecified atom stereocenters. The second-order valence-corrected chi connectivity index (χ2v) is 6.50. The quantitative estimate of drug-likeness (QED) is 0.765. The Labute approximate surface area is 152 Å². The number of carbonyl (C=O) groups is 4. The van der Waals surface area contributed by atoms with Crippen molar-refractivity contribution in [2.45, 2.75) is 6.92 Å². The van der Waals surface area contributed by atoms with Crippen LogP contribution in [0, 0.1) is 6.92 Å². The number of carbonyl (C=O) groups excluding carboxylic acids is 4. The first-order valence-corrected chi connectivity index (χ1v) is 8.85. The fraction of sp³-hybridized carbons (Fsp3) is 0.294. The van der Waals surface area contributed by atoms with Crippen molar-refractivity contribution < 1.29 is 28.3 Å². The molecule has 0 saturated carbocycles. The Balaban J connectivity index is 1.48. The highest BCUT2D eigenvalue weighted by Crippen LogP contribution is 2.25. The van der Waals surface area contributed by atoms with Crippen LogP contribution in [-0.2, 0) is 14.3 Å². The zero-order valence-electron chi connectivity index (χ0n) is 13.9. The smallest absolute Gasteiger partial charge is 0.375 e. The van der Waals surface area contributed by atoms with E-state index in [1.807, 2.05) is 12.1 Å². The van der Waals surface area contributed by atoms with E-state index >= 15 is 0 Å². The summed E-state index contributed by atoms with van der Waals surface area (Å²) in [7, 11) is 0. The minimum absolute atomic E-state index is 0.0595. The van der Waals surface area contributed by atoms with E-state index in [0.29, 0.717) is 11.1 Å². The van der Waals surface area contributed by atoms with Crippen LogP contribution in [0.25, 0.3) is 11.0 Å². The van der Waals surface area contributed by atoms with Crippen LogP contribution in [0.4, 0.5) is 4.79 Å². The summed E-state index contributed by atoms with van der Waals surface area (Å²) >= 11 is 0.932. The number of benzene rings is 1. The van der Waals surface area contributed by atoms with E-state index < -0.39 is 18.5 Å². The number of nitrogens with one attached hydrogen (secondary N) is 1. The van der Waals surface area contributed by atoms with Crippen molar-refractivity contribution in [3.8, 4) is 0 Å². The minimum Gasteiger partial charge on any atom is -0.450 e. The van der Waals surface area contributed by atoms with Gasteiger partial charge in [0.2, 0.25) is 11.7 Å². The van der Waals surface area contributed by atoms with E-state index in [-0.39, 0.29) is 35.7 Å². The molecule has 3 rings (SSSR count). The van der Waals surface area contributed by atoms with Gasteiger partial charge in [-0.1, -0.05) is 30.0 Å². The van der Waals surface area contributed by atoms with Crippen molar-refractivity contribution >= 4 is 45.8 Å². The van der Waals surface area contributed by atoms with Crippen LogP contribution in [0.5, 0.6) is 0 Å². The average molecular weight is 376 g/mol. The third-order valence-corrected chi connectivity index (χ3v) is 4.72. The molecular formula is C17H16N2O6S. The van der Waals surface area contributed by atoms with Crippen LogP contribution in [-0.4, -0.2) is 53.4 Å². The number of nitrogens with zero attached hydrogens (tertiary/aromatic N) is 1. The van der Waals surface area contributed by atoms with Gasteiger partial charge in [0.1, 0.15) is 5.58 Å². The van der Waals surface area contributed by atoms with Gasteiger partial charge in [0, 0.05) is 24.0 Å². The molecule has 1 aromatic carbocycles. The monoisotopic (exact) mass is 376 g/mol. The lowest BCUT2D eigenvalue weighted by Gasteiger charge is -2.13. The van der Waals surface area contributed by atoms with Gasteiger partial charge in [-0.2, -0.15) is 0 Å². The summed E-state index contributed by atoms with van der Waals surface area (Å²) in [4.78, 5) is 47.8. The Bertz CT molecular complexity index is 875. The number of furan rings is 1. The molecule has 136 valence electrons. The number of esters is 1. The van der Waals surface area contributed by atoms with Gasteiger partial charge in [0.05, 0.1) is 5.75 Å². The van der Waals surface area contributed by atoms with Crippen molar-refractivity contribution in [1.29, 1.82) is 0 Å². The van der Waals surface area contributed by atoms with Gasteiger partial charge in [-0.15, -0.1) is 0 Å². The van der Waals surface area contributed by atoms with Gasteiger partial charge < -0.3 is 14.5 Å². The summed E-state index contributed by atoms with van der Waals surface area (Å²) in [6.07, 6.45) is 0. The van der Waals surface area contributed by atoms with Gasteiger partial charge in [0.25, 0.3) is 11.1 Å². The average Bonchev–Trinajstić information content (AvgIpc) is 3.14. The Morgan fingerprint density at radius 1 is 1.31 bits per heavy atom. The van der Waals surface area contributed by atoms with Crippen molar-refractivity contribution in [2.24, 2.45) is 0 Å². The van der Waals surface area contributed by atoms with E-state index in [9.17, 15) is 19.2 Å². The maximum Gasteiger partial charge on any atom is 0.375 e. The zero-order chi connectivity index (χ0) is 18.7. The third-order valence-electron chi connectivity index (χ3n) is 3.86. The van der Waals surface area contributed by atoms with Crippen molar-refractivity contribution in [3.05, 3.63) is 35.6 Å². The summed E-state index contributed by atoms with van der Waals surface area (Å²) in [5, 5.41) is 2.98. The number of thioether (sulfide) groups is 1. The first-order valence-electron chi connectivity index (χ1n) is 7.86. The molecule has 2 aromatic rings. The number of imide groups is 1. The molecule has 2 heterocycles. The van der Waals surface area contributed by atoms with Gasteiger partial charge in [0.15, 0.2) is 6.61 Å². The molecule has 1 fully saturated rings. The Morgan fingerprint density at radius 3 is 2.77 bits per heavy atom. The standard InChI is InChI=1S/C17H16N2O6S/c1-10-11-4-2-3-5-12(11)25-15(10)16(22)24-8-13(20)18-6-7-19-14(21)9-26-17(19)23/h2-5H,6-9H2,1H3,(H,18,20). The molecule has 1 N–H and O–H groups in total. The third kappa shape index (κ3) is 3.72. The van der Waals surface area contributed by atoms with Crippen LogP contribution in [0.3, 0.4) is 0 Å². The topological polar surface area (TPSA) is 106 Å². The predicted octanol–water partition coefficient (Wildman–Crippen LogP) is 1.71. The van der Waals surface area contributed by atoms with Gasteiger partial charge in [-0.25, -0.2) is 4.79 Å². The van der Waals surface area contributed by atoms with Gasteiger partial charge in [-0.3, -0.25) is 19.3 Å². The van der Waals surface area contributed by atoms with E-state index in [1.54, 1.807) is 19.1 Å². The number of rotatable bonds is 6. The number of hydrogen-bond donors (Lipinski definition) is 1. The number of amides is 3. The molecule has 0 radical (unpaired) electrons. The van der Waals surface area contributed by atoms with E-state index in [0.717, 1.165) is 22.0 Å². The Hall–Kier alpha value is -2.81. The first kappa shape index (κ1) is 18.0. The van der Waals surface area contributed by atoms with Crippen molar-refractivity contribution in [2.75, 3.05) is 25.4 Å². The van der Waals surface area contributed by atoms with Crippen LogP contribution >= 0.6 is 11.8 Å². The Kier molecular flexibility index (Phi) is 5.27. The molecule has 1 aromatic heterocycles. The van der Waals surface area contributed by atoms with E-state index in [4.69, 9.17) is 9.15 Å². The normalized spacial score (nSPS) is 14.1. The number of ether oxygens (including phenoxy) is 1. The van der Waals surface area contributed by atoms with Crippen molar-refractivity contribution in [1.82, 2.24) is 10.2 Å². The first-order chi connectivity index (χ1) is 12.5. The minimum atomic E-state index is -0.727. The predicted molar refractivity (Wildman–Crippen MR) is 93.8 cm³/mol. The highest BCUT2D eigenvalue weighted by molar-refractivity contribution is 8.14. The van der Waals surface area contributed by atoms with E-state index in [1.165, 1.54) is 0 Å². The summed E-state index contributed by atoms with van der Waals surface area (Å²) in [5.74, 6) is -1.35. The van der Waals surface area contributed by atoms with Crippen LogP contribution in [0.1, 0.15) is 16.1 Å². The van der Waals surface area contributed by atoms with Gasteiger partial charge >= 0.3 is 5.97 Å². The molecule has 3 amide bonds. The summed E-state index contributed by atoms with van der Waals surface area (Å²) in [6.45, 7) is 1.45. The van der Waals surface area contributed by atoms with Crippen LogP contribution < -0.4 is 5.32 Å². The fourth-order valence-electron chi connectivity index (χ4n) is 2.52. The second kappa shape index (κ2) is 7.61. The van der Waals surface area contributed by atoms with Gasteiger partial charge in [-0.05, 0) is 13.0 Å². The molecule has 0 bridgehead atoms. The molecule has 8 nitrogen and oxygen atoms in total. The molecule has 0 atom stereocenters. The number of fused-ring (bicyclic) bond motifs is 1. The number of para-hydroxylation sites is 1. The molecule has 0 spiro atoms. The number of hydrogen-bond acceptors (Lipinski definition) is 7. The lowest BCUT2D eigenvalue weighted by molar-refractivity contribution is -0.126. The number of aryl methyl sites for hydroxylation is 1. The maximum atomic E-state index is 12.1. The molecule has 1 aliphatic heterocycles. The lowest BCUT2D eigenvalue weighted by atomic mass is 10.1. The summed E-state index contributed by atoms with van der Waals surface area (Å²) in [6, 6.07) is 7.20. The van der Waals surface area contributed by atoms with Crippen LogP contribution in [0.15, 0.2) is 28.7 Å².